The number of carbonyl (C=O) groups excluding carboxylic acids is 2. The highest BCUT2D eigenvalue weighted by Gasteiger charge is 2.43. The van der Waals surface area contributed by atoms with Crippen LogP contribution in [-0.4, -0.2) is 16.8 Å². The number of pyridine rings is 1. The monoisotopic (exact) mass is 489 g/mol. The summed E-state index contributed by atoms with van der Waals surface area (Å²) in [7, 11) is 0. The third kappa shape index (κ3) is 4.91. The predicted octanol–water partition coefficient (Wildman–Crippen LogP) is 6.21. The van der Waals surface area contributed by atoms with Crippen molar-refractivity contribution in [2.45, 2.75) is 18.9 Å². The molecule has 2 atom stereocenters. The second-order valence-electron chi connectivity index (χ2n) is 8.42. The average Bonchev–Trinajstić information content (AvgIpc) is 3.65. The predicted molar refractivity (Wildman–Crippen MR) is 135 cm³/mol. The molecule has 1 aliphatic carbocycles. The van der Waals surface area contributed by atoms with E-state index < -0.39 is 0 Å². The Kier molecular flexibility index (Phi) is 6.22. The van der Waals surface area contributed by atoms with E-state index in [0.29, 0.717) is 22.2 Å². The molecule has 0 unspecified atom stereocenters. The van der Waals surface area contributed by atoms with Crippen LogP contribution in [0.15, 0.2) is 79.1 Å². The van der Waals surface area contributed by atoms with E-state index in [9.17, 15) is 9.59 Å². The van der Waals surface area contributed by atoms with Crippen molar-refractivity contribution in [2.24, 2.45) is 5.92 Å². The fraction of sp³-hybridized carbons (Fsp3) is 0.148. The number of rotatable bonds is 6. The molecule has 3 aromatic carbocycles. The quantitative estimate of drug-likeness (QED) is 0.338. The molecular formula is C27H21Cl2N3O2. The number of fused-ring (bicyclic) bond motifs is 1. The molecule has 5 nitrogen and oxygen atoms in total. The molecule has 0 radical (unpaired) electrons. The van der Waals surface area contributed by atoms with Gasteiger partial charge < -0.3 is 10.6 Å². The van der Waals surface area contributed by atoms with Crippen molar-refractivity contribution >= 4 is 51.5 Å². The molecule has 34 heavy (non-hydrogen) atoms. The third-order valence-electron chi connectivity index (χ3n) is 6.09. The fourth-order valence-corrected chi connectivity index (χ4v) is 4.55. The highest BCUT2D eigenvalue weighted by molar-refractivity contribution is 6.35. The number of aromatic nitrogens is 1. The minimum atomic E-state index is -0.186. The van der Waals surface area contributed by atoms with Gasteiger partial charge in [-0.3, -0.25) is 14.6 Å². The zero-order valence-corrected chi connectivity index (χ0v) is 19.6. The van der Waals surface area contributed by atoms with Gasteiger partial charge in [0.05, 0.1) is 0 Å². The summed E-state index contributed by atoms with van der Waals surface area (Å²) in [5.74, 6) is -0.0799. The molecule has 0 aliphatic heterocycles. The van der Waals surface area contributed by atoms with Gasteiger partial charge in [0.2, 0.25) is 5.91 Å². The van der Waals surface area contributed by atoms with E-state index in [1.807, 2.05) is 36.4 Å². The summed E-state index contributed by atoms with van der Waals surface area (Å²) in [5.41, 5.74) is 3.19. The molecule has 2 N–H and O–H groups in total. The van der Waals surface area contributed by atoms with E-state index in [2.05, 4.69) is 15.6 Å². The Bertz CT molecular complexity index is 1390. The van der Waals surface area contributed by atoms with Crippen molar-refractivity contribution in [1.29, 1.82) is 0 Å². The zero-order valence-electron chi connectivity index (χ0n) is 18.1. The van der Waals surface area contributed by atoms with Crippen LogP contribution in [0.1, 0.15) is 33.8 Å². The first-order valence-corrected chi connectivity index (χ1v) is 11.7. The number of nitrogens with zero attached hydrogens (tertiary/aromatic N) is 1. The van der Waals surface area contributed by atoms with Crippen molar-refractivity contribution in [2.75, 3.05) is 5.32 Å². The van der Waals surface area contributed by atoms with Gasteiger partial charge in [-0.1, -0.05) is 47.5 Å². The smallest absolute Gasteiger partial charge is 0.251 e. The van der Waals surface area contributed by atoms with Crippen LogP contribution < -0.4 is 10.6 Å². The molecule has 2 amide bonds. The molecule has 1 saturated carbocycles. The summed E-state index contributed by atoms with van der Waals surface area (Å²) < 4.78 is 0. The van der Waals surface area contributed by atoms with Crippen LogP contribution in [0.5, 0.6) is 0 Å². The SMILES string of the molecule is O=C(NCc1ccc(Cl)cc1Cl)c1ccc([C@@H]2C[C@H]2C(=O)Nc2ccc3cnccc3c2)cc1. The topological polar surface area (TPSA) is 71.1 Å². The Morgan fingerprint density at radius 1 is 0.941 bits per heavy atom. The Labute approximate surface area is 207 Å². The molecule has 1 fully saturated rings. The maximum atomic E-state index is 12.7. The Morgan fingerprint density at radius 2 is 1.76 bits per heavy atom. The normalized spacial score (nSPS) is 16.8. The number of nitrogens with one attached hydrogen (secondary N) is 2. The van der Waals surface area contributed by atoms with Crippen LogP contribution in [-0.2, 0) is 11.3 Å². The van der Waals surface area contributed by atoms with Gasteiger partial charge in [-0.25, -0.2) is 0 Å². The van der Waals surface area contributed by atoms with Gasteiger partial charge in [0.1, 0.15) is 0 Å². The van der Waals surface area contributed by atoms with Gasteiger partial charge in [0.25, 0.3) is 5.91 Å². The molecule has 4 aromatic rings. The highest BCUT2D eigenvalue weighted by atomic mass is 35.5. The fourth-order valence-electron chi connectivity index (χ4n) is 4.07. The Morgan fingerprint density at radius 3 is 2.56 bits per heavy atom. The van der Waals surface area contributed by atoms with Crippen LogP contribution in [0.3, 0.4) is 0 Å². The van der Waals surface area contributed by atoms with Crippen LogP contribution in [0.2, 0.25) is 10.0 Å². The summed E-state index contributed by atoms with van der Waals surface area (Å²) in [6.07, 6.45) is 4.33. The van der Waals surface area contributed by atoms with Crippen molar-refractivity contribution < 1.29 is 9.59 Å². The first kappa shape index (κ1) is 22.4. The summed E-state index contributed by atoms with van der Waals surface area (Å²) in [6, 6.07) is 20.3. The second kappa shape index (κ2) is 9.45. The van der Waals surface area contributed by atoms with E-state index >= 15 is 0 Å². The lowest BCUT2D eigenvalue weighted by atomic mass is 10.1. The summed E-state index contributed by atoms with van der Waals surface area (Å²) in [4.78, 5) is 29.4. The van der Waals surface area contributed by atoms with Crippen LogP contribution >= 0.6 is 23.2 Å². The minimum absolute atomic E-state index is 0.0140. The van der Waals surface area contributed by atoms with Gasteiger partial charge in [-0.05, 0) is 71.3 Å². The standard InChI is InChI=1S/C27H21Cl2N3O2/c28-21-7-5-20(25(29)12-21)15-31-26(33)17-3-1-16(2-4-17)23-13-24(23)27(34)32-22-8-6-19-14-30-10-9-18(19)11-22/h1-12,14,23-24H,13,15H2,(H,31,33)(H,32,34)/t23-,24+/m0/s1. The Hall–Kier alpha value is -3.41. The molecule has 1 heterocycles. The first-order valence-electron chi connectivity index (χ1n) is 10.9. The maximum Gasteiger partial charge on any atom is 0.251 e. The minimum Gasteiger partial charge on any atom is -0.348 e. The lowest BCUT2D eigenvalue weighted by Gasteiger charge is -2.09. The molecule has 1 aromatic heterocycles. The lowest BCUT2D eigenvalue weighted by Crippen LogP contribution is -2.22. The first-order chi connectivity index (χ1) is 16.5. The van der Waals surface area contributed by atoms with E-state index in [1.54, 1.807) is 42.7 Å². The summed E-state index contributed by atoms with van der Waals surface area (Å²) in [6.45, 7) is 0.312. The highest BCUT2D eigenvalue weighted by Crippen LogP contribution is 2.48. The van der Waals surface area contributed by atoms with Crippen molar-refractivity contribution in [3.63, 3.8) is 0 Å². The Balaban J connectivity index is 1.17. The third-order valence-corrected chi connectivity index (χ3v) is 6.68. The number of hydrogen-bond acceptors (Lipinski definition) is 3. The number of hydrogen-bond donors (Lipinski definition) is 2. The van der Waals surface area contributed by atoms with Crippen LogP contribution in [0.25, 0.3) is 10.8 Å². The molecule has 5 rings (SSSR count). The number of halogens is 2. The van der Waals surface area contributed by atoms with Crippen molar-refractivity contribution in [1.82, 2.24) is 10.3 Å². The van der Waals surface area contributed by atoms with Gasteiger partial charge in [0.15, 0.2) is 0 Å². The van der Waals surface area contributed by atoms with Gasteiger partial charge in [-0.15, -0.1) is 0 Å². The molecule has 0 spiro atoms. The summed E-state index contributed by atoms with van der Waals surface area (Å²) >= 11 is 12.1. The van der Waals surface area contributed by atoms with E-state index in [4.69, 9.17) is 23.2 Å². The molecule has 7 heteroatoms. The lowest BCUT2D eigenvalue weighted by molar-refractivity contribution is -0.117. The van der Waals surface area contributed by atoms with Gasteiger partial charge in [-0.2, -0.15) is 0 Å². The molecular weight excluding hydrogens is 469 g/mol. The van der Waals surface area contributed by atoms with Crippen molar-refractivity contribution in [3.05, 3.63) is 106 Å². The summed E-state index contributed by atoms with van der Waals surface area (Å²) in [5, 5.41) is 9.03. The average molecular weight is 490 g/mol. The molecule has 170 valence electrons. The molecule has 1 aliphatic rings. The van der Waals surface area contributed by atoms with Gasteiger partial charge in [0, 0.05) is 51.5 Å². The second-order valence-corrected chi connectivity index (χ2v) is 9.26. The van der Waals surface area contributed by atoms with Crippen LogP contribution in [0, 0.1) is 5.92 Å². The van der Waals surface area contributed by atoms with Crippen LogP contribution in [0.4, 0.5) is 5.69 Å². The number of amides is 2. The molecule has 0 saturated heterocycles. The zero-order chi connectivity index (χ0) is 23.7. The van der Waals surface area contributed by atoms with Gasteiger partial charge >= 0.3 is 0 Å². The molecule has 0 bridgehead atoms. The van der Waals surface area contributed by atoms with E-state index in [-0.39, 0.29) is 23.7 Å². The largest absolute Gasteiger partial charge is 0.348 e. The van der Waals surface area contributed by atoms with Crippen molar-refractivity contribution in [3.8, 4) is 0 Å². The number of benzene rings is 3. The van der Waals surface area contributed by atoms with E-state index in [0.717, 1.165) is 34.0 Å². The van der Waals surface area contributed by atoms with E-state index in [1.165, 1.54) is 0 Å². The number of anilines is 1. The number of carbonyl (C=O) groups is 2. The maximum absolute atomic E-state index is 12.7.